The summed E-state index contributed by atoms with van der Waals surface area (Å²) in [5, 5.41) is 0.604. The summed E-state index contributed by atoms with van der Waals surface area (Å²) in [7, 11) is -2.27. The van der Waals surface area contributed by atoms with E-state index in [2.05, 4.69) is 19.9 Å². The number of benzene rings is 4. The quantitative estimate of drug-likeness (QED) is 0.205. The second-order valence-corrected chi connectivity index (χ2v) is 12.5. The number of para-hydroxylation sites is 2. The van der Waals surface area contributed by atoms with Crippen LogP contribution in [0.1, 0.15) is 41.3 Å². The van der Waals surface area contributed by atoms with Gasteiger partial charge in [-0.05, 0) is 59.5 Å². The minimum Gasteiger partial charge on any atom is -0.279 e. The molecule has 0 aliphatic carbocycles. The molecule has 6 nitrogen and oxygen atoms in total. The molecule has 0 unspecified atom stereocenters. The molecule has 0 N–H and O–H groups in total. The van der Waals surface area contributed by atoms with Gasteiger partial charge in [-0.1, -0.05) is 85.8 Å². The fourth-order valence-electron chi connectivity index (χ4n) is 4.39. The minimum atomic E-state index is -3.79. The van der Waals surface area contributed by atoms with Crippen molar-refractivity contribution in [2.75, 3.05) is 16.3 Å². The van der Waals surface area contributed by atoms with Gasteiger partial charge in [0.05, 0.1) is 27.3 Å². The van der Waals surface area contributed by atoms with Gasteiger partial charge in [0.25, 0.3) is 15.9 Å². The summed E-state index contributed by atoms with van der Waals surface area (Å²) in [4.78, 5) is 20.6. The predicted octanol–water partition coefficient (Wildman–Crippen LogP) is 7.09. The van der Waals surface area contributed by atoms with E-state index < -0.39 is 10.0 Å². The molecule has 0 radical (unpaired) electrons. The van der Waals surface area contributed by atoms with Crippen LogP contribution >= 0.6 is 11.3 Å². The zero-order chi connectivity index (χ0) is 27.6. The predicted molar refractivity (Wildman–Crippen MR) is 159 cm³/mol. The molecule has 39 heavy (non-hydrogen) atoms. The average Bonchev–Trinajstić information content (AvgIpc) is 3.40. The van der Waals surface area contributed by atoms with Gasteiger partial charge in [0.15, 0.2) is 5.13 Å². The molecule has 0 aliphatic rings. The van der Waals surface area contributed by atoms with Crippen LogP contribution in [-0.4, -0.2) is 26.4 Å². The molecule has 0 spiro atoms. The first kappa shape index (κ1) is 26.6. The third-order valence-corrected chi connectivity index (χ3v) is 9.44. The molecule has 0 aliphatic heterocycles. The van der Waals surface area contributed by atoms with Crippen LogP contribution in [0.4, 0.5) is 10.8 Å². The SMILES string of the molecule is CC(C)c1cccc2sc(N(Cc3ccccc3)C(=O)c3ccc(S(=O)(=O)N(C)c4ccccc4)cc3)nc12. The Bertz CT molecular complexity index is 1700. The van der Waals surface area contributed by atoms with E-state index in [-0.39, 0.29) is 10.8 Å². The number of nitrogens with zero attached hydrogens (tertiary/aromatic N) is 3. The summed E-state index contributed by atoms with van der Waals surface area (Å²) in [6.07, 6.45) is 0. The lowest BCUT2D eigenvalue weighted by Gasteiger charge is -2.21. The van der Waals surface area contributed by atoms with Crippen molar-refractivity contribution in [1.82, 2.24) is 4.98 Å². The zero-order valence-electron chi connectivity index (χ0n) is 22.0. The highest BCUT2D eigenvalue weighted by Gasteiger charge is 2.25. The average molecular weight is 556 g/mol. The highest BCUT2D eigenvalue weighted by Crippen LogP contribution is 2.35. The molecule has 1 heterocycles. The van der Waals surface area contributed by atoms with Gasteiger partial charge >= 0.3 is 0 Å². The third kappa shape index (κ3) is 5.44. The standard InChI is InChI=1S/C31H29N3O3S2/c1-22(2)27-15-10-16-28-29(27)32-31(38-28)34(21-23-11-6-4-7-12-23)30(35)24-17-19-26(20-18-24)39(36,37)33(3)25-13-8-5-9-14-25/h4-20,22H,21H2,1-3H3. The van der Waals surface area contributed by atoms with Gasteiger partial charge in [0.2, 0.25) is 0 Å². The van der Waals surface area contributed by atoms with Crippen LogP contribution in [0.2, 0.25) is 0 Å². The molecule has 0 saturated heterocycles. The highest BCUT2D eigenvalue weighted by molar-refractivity contribution is 7.92. The molecule has 1 amide bonds. The first-order valence-corrected chi connectivity index (χ1v) is 14.9. The number of carbonyl (C=O) groups excluding carboxylic acids is 1. The van der Waals surface area contributed by atoms with E-state index in [4.69, 9.17) is 4.98 Å². The van der Waals surface area contributed by atoms with Crippen LogP contribution in [0, 0.1) is 0 Å². The fourth-order valence-corrected chi connectivity index (χ4v) is 6.59. The van der Waals surface area contributed by atoms with Crippen molar-refractivity contribution in [3.05, 3.63) is 120 Å². The van der Waals surface area contributed by atoms with Gasteiger partial charge in [-0.2, -0.15) is 0 Å². The van der Waals surface area contributed by atoms with E-state index in [0.29, 0.717) is 28.8 Å². The number of aromatic nitrogens is 1. The summed E-state index contributed by atoms with van der Waals surface area (Å²) in [5.74, 6) is 0.0507. The van der Waals surface area contributed by atoms with Crippen LogP contribution in [-0.2, 0) is 16.6 Å². The van der Waals surface area contributed by atoms with Crippen LogP contribution in [0.5, 0.6) is 0 Å². The van der Waals surface area contributed by atoms with E-state index in [0.717, 1.165) is 21.3 Å². The van der Waals surface area contributed by atoms with Gasteiger partial charge in [-0.25, -0.2) is 13.4 Å². The smallest absolute Gasteiger partial charge is 0.264 e. The number of sulfonamides is 1. The summed E-state index contributed by atoms with van der Waals surface area (Å²) in [6, 6.07) is 30.9. The monoisotopic (exact) mass is 555 g/mol. The molecular weight excluding hydrogens is 526 g/mol. The van der Waals surface area contributed by atoms with Gasteiger partial charge in [0, 0.05) is 12.6 Å². The lowest BCUT2D eigenvalue weighted by atomic mass is 10.0. The number of hydrogen-bond donors (Lipinski definition) is 0. The van der Waals surface area contributed by atoms with Crippen molar-refractivity contribution >= 4 is 48.3 Å². The van der Waals surface area contributed by atoms with E-state index >= 15 is 0 Å². The van der Waals surface area contributed by atoms with E-state index in [1.165, 1.54) is 34.8 Å². The lowest BCUT2D eigenvalue weighted by Crippen LogP contribution is -2.30. The number of hydrogen-bond acceptors (Lipinski definition) is 5. The molecule has 5 aromatic rings. The maximum atomic E-state index is 13.9. The Morgan fingerprint density at radius 2 is 1.49 bits per heavy atom. The second kappa shape index (κ2) is 11.0. The summed E-state index contributed by atoms with van der Waals surface area (Å²) >= 11 is 1.48. The maximum Gasteiger partial charge on any atom is 0.264 e. The first-order valence-electron chi connectivity index (χ1n) is 12.6. The minimum absolute atomic E-state index is 0.113. The Morgan fingerprint density at radius 1 is 0.846 bits per heavy atom. The largest absolute Gasteiger partial charge is 0.279 e. The topological polar surface area (TPSA) is 70.6 Å². The Kier molecular flexibility index (Phi) is 7.50. The number of fused-ring (bicyclic) bond motifs is 1. The molecule has 0 saturated carbocycles. The molecule has 0 atom stereocenters. The Labute approximate surface area is 233 Å². The summed E-state index contributed by atoms with van der Waals surface area (Å²) in [5.41, 5.74) is 3.96. The van der Waals surface area contributed by atoms with Crippen LogP contribution in [0.3, 0.4) is 0 Å². The molecule has 8 heteroatoms. The van der Waals surface area contributed by atoms with Gasteiger partial charge in [0.1, 0.15) is 0 Å². The van der Waals surface area contributed by atoms with Gasteiger partial charge in [-0.15, -0.1) is 0 Å². The fraction of sp³-hybridized carbons (Fsp3) is 0.161. The second-order valence-electron chi connectivity index (χ2n) is 9.55. The van der Waals surface area contributed by atoms with Crippen molar-refractivity contribution in [3.8, 4) is 0 Å². The molecule has 0 fully saturated rings. The van der Waals surface area contributed by atoms with Crippen molar-refractivity contribution in [1.29, 1.82) is 0 Å². The summed E-state index contributed by atoms with van der Waals surface area (Å²) in [6.45, 7) is 4.60. The third-order valence-electron chi connectivity index (χ3n) is 6.60. The Hall–Kier alpha value is -4.01. The normalized spacial score (nSPS) is 11.6. The van der Waals surface area contributed by atoms with Gasteiger partial charge in [-0.3, -0.25) is 14.0 Å². The number of carbonyl (C=O) groups is 1. The number of rotatable bonds is 8. The van der Waals surface area contributed by atoms with Gasteiger partial charge < -0.3 is 0 Å². The highest BCUT2D eigenvalue weighted by atomic mass is 32.2. The van der Waals surface area contributed by atoms with Crippen molar-refractivity contribution < 1.29 is 13.2 Å². The van der Waals surface area contributed by atoms with Crippen LogP contribution in [0.25, 0.3) is 10.2 Å². The molecule has 5 rings (SSSR count). The maximum absolute atomic E-state index is 13.9. The Morgan fingerprint density at radius 3 is 2.13 bits per heavy atom. The van der Waals surface area contributed by atoms with Crippen LogP contribution in [0.15, 0.2) is 108 Å². The van der Waals surface area contributed by atoms with E-state index in [1.54, 1.807) is 41.3 Å². The number of thiazole rings is 1. The number of anilines is 2. The summed E-state index contributed by atoms with van der Waals surface area (Å²) < 4.78 is 28.7. The van der Waals surface area contributed by atoms with Crippen LogP contribution < -0.4 is 9.21 Å². The van der Waals surface area contributed by atoms with E-state index in [9.17, 15) is 13.2 Å². The molecule has 1 aromatic heterocycles. The molecule has 198 valence electrons. The Balaban J connectivity index is 1.50. The van der Waals surface area contributed by atoms with Crippen molar-refractivity contribution in [2.24, 2.45) is 0 Å². The number of amides is 1. The van der Waals surface area contributed by atoms with Crippen molar-refractivity contribution in [3.63, 3.8) is 0 Å². The molecular formula is C31H29N3O3S2. The molecule has 0 bridgehead atoms. The van der Waals surface area contributed by atoms with Crippen molar-refractivity contribution in [2.45, 2.75) is 31.2 Å². The zero-order valence-corrected chi connectivity index (χ0v) is 23.6. The lowest BCUT2D eigenvalue weighted by molar-refractivity contribution is 0.0985. The van der Waals surface area contributed by atoms with E-state index in [1.807, 2.05) is 48.5 Å². The molecule has 4 aromatic carbocycles. The first-order chi connectivity index (χ1) is 18.8.